The lowest BCUT2D eigenvalue weighted by Gasteiger charge is -2.40. The van der Waals surface area contributed by atoms with Gasteiger partial charge in [0.05, 0.1) is 13.2 Å². The molecule has 12 heavy (non-hydrogen) atoms. The maximum absolute atomic E-state index is 9.16. The molecule has 0 aromatic heterocycles. The molecule has 0 aliphatic carbocycles. The predicted molar refractivity (Wildman–Crippen MR) is 45.8 cm³/mol. The van der Waals surface area contributed by atoms with Gasteiger partial charge in [0.25, 0.3) is 0 Å². The van der Waals surface area contributed by atoms with E-state index in [2.05, 4.69) is 0 Å². The first kappa shape index (κ1) is 7.77. The molecule has 0 amide bonds. The second-order valence-corrected chi connectivity index (χ2v) is 3.12. The van der Waals surface area contributed by atoms with Gasteiger partial charge in [-0.1, -0.05) is 30.3 Å². The van der Waals surface area contributed by atoms with Crippen LogP contribution >= 0.6 is 0 Å². The van der Waals surface area contributed by atoms with Gasteiger partial charge in [0, 0.05) is 6.42 Å². The van der Waals surface area contributed by atoms with Crippen molar-refractivity contribution in [2.45, 2.75) is 12.0 Å². The van der Waals surface area contributed by atoms with Crippen LogP contribution in [0.3, 0.4) is 0 Å². The van der Waals surface area contributed by atoms with Crippen LogP contribution in [0.25, 0.3) is 0 Å². The molecule has 1 aromatic rings. The molecular weight excluding hydrogens is 152 g/mol. The lowest BCUT2D eigenvalue weighted by Crippen LogP contribution is -2.44. The lowest BCUT2D eigenvalue weighted by atomic mass is 9.87. The first-order chi connectivity index (χ1) is 5.87. The fourth-order valence-corrected chi connectivity index (χ4v) is 1.53. The first-order valence-corrected chi connectivity index (χ1v) is 4.18. The van der Waals surface area contributed by atoms with E-state index in [4.69, 9.17) is 9.84 Å². The zero-order valence-electron chi connectivity index (χ0n) is 6.86. The largest absolute Gasteiger partial charge is 0.393 e. The quantitative estimate of drug-likeness (QED) is 0.713. The lowest BCUT2D eigenvalue weighted by molar-refractivity contribution is -0.177. The summed E-state index contributed by atoms with van der Waals surface area (Å²) >= 11 is 0. The van der Waals surface area contributed by atoms with Gasteiger partial charge >= 0.3 is 0 Å². The van der Waals surface area contributed by atoms with Crippen LogP contribution in [-0.2, 0) is 10.3 Å². The number of ether oxygens (including phenoxy) is 1. The van der Waals surface area contributed by atoms with E-state index in [-0.39, 0.29) is 12.2 Å². The van der Waals surface area contributed by atoms with Crippen molar-refractivity contribution < 1.29 is 9.84 Å². The summed E-state index contributed by atoms with van der Waals surface area (Å²) in [5, 5.41) is 9.16. The number of hydrogen-bond donors (Lipinski definition) is 1. The maximum atomic E-state index is 9.16. The molecule has 0 saturated carbocycles. The smallest absolute Gasteiger partial charge is 0.118 e. The van der Waals surface area contributed by atoms with Crippen LogP contribution in [0, 0.1) is 0 Å². The Balaban J connectivity index is 2.28. The Hall–Kier alpha value is -0.860. The van der Waals surface area contributed by atoms with Gasteiger partial charge in [-0.15, -0.1) is 0 Å². The highest BCUT2D eigenvalue weighted by Crippen LogP contribution is 2.36. The van der Waals surface area contributed by atoms with Crippen molar-refractivity contribution in [3.8, 4) is 0 Å². The van der Waals surface area contributed by atoms with E-state index in [0.29, 0.717) is 0 Å². The Bertz CT molecular complexity index is 246. The van der Waals surface area contributed by atoms with E-state index in [0.717, 1.165) is 18.6 Å². The van der Waals surface area contributed by atoms with E-state index in [9.17, 15) is 0 Å². The first-order valence-electron chi connectivity index (χ1n) is 4.18. The number of aliphatic hydroxyl groups excluding tert-OH is 1. The molecule has 1 aliphatic rings. The molecule has 2 nitrogen and oxygen atoms in total. The second-order valence-electron chi connectivity index (χ2n) is 3.12. The van der Waals surface area contributed by atoms with Crippen LogP contribution in [0.15, 0.2) is 30.3 Å². The van der Waals surface area contributed by atoms with Crippen LogP contribution in [0.2, 0.25) is 0 Å². The molecule has 1 saturated heterocycles. The minimum Gasteiger partial charge on any atom is -0.393 e. The SMILES string of the molecule is OCC1(c2ccccc2)CCO1. The van der Waals surface area contributed by atoms with Crippen molar-refractivity contribution in [2.75, 3.05) is 13.2 Å². The Kier molecular flexibility index (Phi) is 1.87. The summed E-state index contributed by atoms with van der Waals surface area (Å²) < 4.78 is 5.40. The van der Waals surface area contributed by atoms with Crippen LogP contribution in [0.1, 0.15) is 12.0 Å². The van der Waals surface area contributed by atoms with Crippen molar-refractivity contribution in [1.82, 2.24) is 0 Å². The molecule has 1 aromatic carbocycles. The number of rotatable bonds is 2. The average Bonchev–Trinajstić information content (AvgIpc) is 2.05. The Morgan fingerprint density at radius 1 is 1.33 bits per heavy atom. The molecule has 2 rings (SSSR count). The van der Waals surface area contributed by atoms with Gasteiger partial charge < -0.3 is 9.84 Å². The highest BCUT2D eigenvalue weighted by molar-refractivity contribution is 5.24. The fourth-order valence-electron chi connectivity index (χ4n) is 1.53. The van der Waals surface area contributed by atoms with E-state index in [1.165, 1.54) is 0 Å². The fraction of sp³-hybridized carbons (Fsp3) is 0.400. The zero-order chi connectivity index (χ0) is 8.44. The molecule has 1 atom stereocenters. The molecule has 64 valence electrons. The summed E-state index contributed by atoms with van der Waals surface area (Å²) in [6, 6.07) is 9.89. The van der Waals surface area contributed by atoms with Crippen LogP contribution in [0.5, 0.6) is 0 Å². The van der Waals surface area contributed by atoms with E-state index < -0.39 is 0 Å². The van der Waals surface area contributed by atoms with E-state index in [1.807, 2.05) is 30.3 Å². The normalized spacial score (nSPS) is 28.1. The van der Waals surface area contributed by atoms with Crippen molar-refractivity contribution in [2.24, 2.45) is 0 Å². The van der Waals surface area contributed by atoms with Gasteiger partial charge in [-0.05, 0) is 5.56 Å². The molecule has 0 bridgehead atoms. The van der Waals surface area contributed by atoms with Gasteiger partial charge in [0.1, 0.15) is 5.60 Å². The van der Waals surface area contributed by atoms with E-state index in [1.54, 1.807) is 0 Å². The van der Waals surface area contributed by atoms with Gasteiger partial charge in [-0.25, -0.2) is 0 Å². The third-order valence-electron chi connectivity index (χ3n) is 2.44. The van der Waals surface area contributed by atoms with Crippen molar-refractivity contribution >= 4 is 0 Å². The van der Waals surface area contributed by atoms with Crippen LogP contribution in [0.4, 0.5) is 0 Å². The summed E-state index contributed by atoms with van der Waals surface area (Å²) in [6.07, 6.45) is 0.924. The monoisotopic (exact) mass is 164 g/mol. The minimum absolute atomic E-state index is 0.0804. The minimum atomic E-state index is -0.388. The molecule has 2 heteroatoms. The van der Waals surface area contributed by atoms with Gasteiger partial charge in [0.2, 0.25) is 0 Å². The van der Waals surface area contributed by atoms with Crippen LogP contribution < -0.4 is 0 Å². The van der Waals surface area contributed by atoms with E-state index >= 15 is 0 Å². The standard InChI is InChI=1S/C10H12O2/c11-8-10(6-7-12-10)9-4-2-1-3-5-9/h1-5,11H,6-8H2. The topological polar surface area (TPSA) is 29.5 Å². The number of benzene rings is 1. The molecule has 0 spiro atoms. The number of hydrogen-bond acceptors (Lipinski definition) is 2. The summed E-state index contributed by atoms with van der Waals surface area (Å²) in [5.74, 6) is 0. The van der Waals surface area contributed by atoms with Gasteiger partial charge in [0.15, 0.2) is 0 Å². The Morgan fingerprint density at radius 2 is 2.00 bits per heavy atom. The predicted octanol–water partition coefficient (Wildman–Crippen LogP) is 1.29. The summed E-state index contributed by atoms with van der Waals surface area (Å²) in [7, 11) is 0. The highest BCUT2D eigenvalue weighted by Gasteiger charge is 2.39. The molecule has 1 aliphatic heterocycles. The van der Waals surface area contributed by atoms with Gasteiger partial charge in [-0.3, -0.25) is 0 Å². The Labute approximate surface area is 71.8 Å². The van der Waals surface area contributed by atoms with Crippen LogP contribution in [-0.4, -0.2) is 18.3 Å². The average molecular weight is 164 g/mol. The van der Waals surface area contributed by atoms with Crippen molar-refractivity contribution in [1.29, 1.82) is 0 Å². The third kappa shape index (κ3) is 1.04. The Morgan fingerprint density at radius 3 is 2.42 bits per heavy atom. The number of aliphatic hydroxyl groups is 1. The second kappa shape index (κ2) is 2.88. The molecule has 1 fully saturated rings. The third-order valence-corrected chi connectivity index (χ3v) is 2.44. The van der Waals surface area contributed by atoms with Crippen molar-refractivity contribution in [3.63, 3.8) is 0 Å². The highest BCUT2D eigenvalue weighted by atomic mass is 16.5. The summed E-state index contributed by atoms with van der Waals surface area (Å²) in [4.78, 5) is 0. The van der Waals surface area contributed by atoms with Gasteiger partial charge in [-0.2, -0.15) is 0 Å². The molecule has 1 heterocycles. The zero-order valence-corrected chi connectivity index (χ0v) is 6.86. The molecule has 1 unspecified atom stereocenters. The molecule has 1 N–H and O–H groups in total. The summed E-state index contributed by atoms with van der Waals surface area (Å²) in [5.41, 5.74) is 0.695. The maximum Gasteiger partial charge on any atom is 0.118 e. The van der Waals surface area contributed by atoms with Crippen molar-refractivity contribution in [3.05, 3.63) is 35.9 Å². The molecule has 0 radical (unpaired) electrons. The molecular formula is C10H12O2. The summed E-state index contributed by atoms with van der Waals surface area (Å²) in [6.45, 7) is 0.840.